The van der Waals surface area contributed by atoms with Crippen LogP contribution in [-0.4, -0.2) is 27.5 Å². The van der Waals surface area contributed by atoms with Crippen molar-refractivity contribution in [1.82, 2.24) is 0 Å². The van der Waals surface area contributed by atoms with Crippen molar-refractivity contribution in [2.24, 2.45) is 10.3 Å². The number of carbonyl (C=O) groups excluding carboxylic acids is 2. The zero-order chi connectivity index (χ0) is 17.0. The van der Waals surface area contributed by atoms with E-state index in [4.69, 9.17) is 0 Å². The van der Waals surface area contributed by atoms with Crippen molar-refractivity contribution in [2.45, 2.75) is 33.1 Å². The summed E-state index contributed by atoms with van der Waals surface area (Å²) in [6, 6.07) is 3.74. The molecule has 1 aliphatic rings. The molecule has 1 N–H and O–H groups in total. The minimum atomic E-state index is -2.47. The lowest BCUT2D eigenvalue weighted by Crippen LogP contribution is -2.15. The fourth-order valence-electron chi connectivity index (χ4n) is 2.37. The first kappa shape index (κ1) is 17.6. The maximum atomic E-state index is 14.0. The molecular formula is C16H21FN2O3S. The fourth-order valence-corrected chi connectivity index (χ4v) is 4.48. The number of halogens is 1. The van der Waals surface area contributed by atoms with Gasteiger partial charge in [0.2, 0.25) is 5.91 Å². The standard InChI is InChI=1S/C16H21FN2O3S/c1-11(2)9-15(20)18-14-6-5-12(10-13(14)17)16(21)19-23(22)7-3-4-8-23/h5-6,10-11H,3-4,7-9H2,1-2H3,(H,18,20). The normalized spacial score (nSPS) is 16.3. The molecule has 0 atom stereocenters. The highest BCUT2D eigenvalue weighted by Crippen LogP contribution is 2.19. The average molecular weight is 340 g/mol. The van der Waals surface area contributed by atoms with Gasteiger partial charge in [0.15, 0.2) is 0 Å². The number of carbonyl (C=O) groups is 2. The van der Waals surface area contributed by atoms with E-state index in [1.165, 1.54) is 12.1 Å². The van der Waals surface area contributed by atoms with Gasteiger partial charge in [-0.2, -0.15) is 4.36 Å². The van der Waals surface area contributed by atoms with Gasteiger partial charge in [0.05, 0.1) is 15.4 Å². The van der Waals surface area contributed by atoms with E-state index in [2.05, 4.69) is 9.68 Å². The van der Waals surface area contributed by atoms with Gasteiger partial charge in [0, 0.05) is 23.5 Å². The van der Waals surface area contributed by atoms with Crippen LogP contribution in [0.15, 0.2) is 22.6 Å². The number of benzene rings is 1. The third-order valence-corrected chi connectivity index (χ3v) is 5.86. The molecule has 5 nitrogen and oxygen atoms in total. The Balaban J connectivity index is 2.14. The van der Waals surface area contributed by atoms with Crippen molar-refractivity contribution in [1.29, 1.82) is 0 Å². The lowest BCUT2D eigenvalue weighted by molar-refractivity contribution is -0.116. The molecule has 0 spiro atoms. The Hall–Kier alpha value is -1.76. The van der Waals surface area contributed by atoms with Gasteiger partial charge in [0.1, 0.15) is 5.82 Å². The zero-order valence-corrected chi connectivity index (χ0v) is 14.1. The van der Waals surface area contributed by atoms with Crippen LogP contribution in [0.2, 0.25) is 0 Å². The van der Waals surface area contributed by atoms with Crippen LogP contribution in [-0.2, 0) is 14.5 Å². The Kier molecular flexibility index (Phi) is 5.51. The van der Waals surface area contributed by atoms with Gasteiger partial charge in [-0.1, -0.05) is 13.8 Å². The van der Waals surface area contributed by atoms with Crippen molar-refractivity contribution < 1.29 is 18.2 Å². The molecule has 0 radical (unpaired) electrons. The molecule has 7 heteroatoms. The van der Waals surface area contributed by atoms with Gasteiger partial charge >= 0.3 is 0 Å². The monoisotopic (exact) mass is 340 g/mol. The van der Waals surface area contributed by atoms with E-state index in [1.54, 1.807) is 0 Å². The number of nitrogens with zero attached hydrogens (tertiary/aromatic N) is 1. The van der Waals surface area contributed by atoms with Crippen LogP contribution in [0.4, 0.5) is 10.1 Å². The van der Waals surface area contributed by atoms with Gasteiger partial charge in [-0.15, -0.1) is 0 Å². The molecule has 0 aliphatic carbocycles. The first-order valence-electron chi connectivity index (χ1n) is 7.65. The van der Waals surface area contributed by atoms with E-state index in [9.17, 15) is 18.2 Å². The third kappa shape index (κ3) is 4.86. The summed E-state index contributed by atoms with van der Waals surface area (Å²) in [5.41, 5.74) is 0.0660. The van der Waals surface area contributed by atoms with E-state index < -0.39 is 21.5 Å². The highest BCUT2D eigenvalue weighted by Gasteiger charge is 2.19. The molecule has 1 aliphatic heterocycles. The maximum absolute atomic E-state index is 14.0. The molecule has 126 valence electrons. The largest absolute Gasteiger partial charge is 0.324 e. The maximum Gasteiger partial charge on any atom is 0.285 e. The van der Waals surface area contributed by atoms with Crippen molar-refractivity contribution in [3.8, 4) is 0 Å². The van der Waals surface area contributed by atoms with E-state index in [-0.39, 0.29) is 29.5 Å². The highest BCUT2D eigenvalue weighted by atomic mass is 32.2. The summed E-state index contributed by atoms with van der Waals surface area (Å²) in [5, 5.41) is 2.48. The number of anilines is 1. The van der Waals surface area contributed by atoms with E-state index in [1.807, 2.05) is 13.8 Å². The van der Waals surface area contributed by atoms with Crippen molar-refractivity contribution in [3.63, 3.8) is 0 Å². The molecule has 23 heavy (non-hydrogen) atoms. The Morgan fingerprint density at radius 3 is 2.52 bits per heavy atom. The van der Waals surface area contributed by atoms with Crippen LogP contribution < -0.4 is 5.32 Å². The second kappa shape index (κ2) is 7.21. The summed E-state index contributed by atoms with van der Waals surface area (Å²) in [4.78, 5) is 23.7. The third-order valence-electron chi connectivity index (χ3n) is 3.51. The minimum absolute atomic E-state index is 0.0252. The first-order chi connectivity index (χ1) is 10.8. The van der Waals surface area contributed by atoms with Crippen LogP contribution in [0.25, 0.3) is 0 Å². The Bertz CT molecular complexity index is 725. The van der Waals surface area contributed by atoms with Crippen LogP contribution >= 0.6 is 0 Å². The van der Waals surface area contributed by atoms with E-state index in [0.717, 1.165) is 18.9 Å². The van der Waals surface area contributed by atoms with E-state index >= 15 is 0 Å². The Labute approximate surface area is 135 Å². The fraction of sp³-hybridized carbons (Fsp3) is 0.500. The summed E-state index contributed by atoms with van der Waals surface area (Å²) < 4.78 is 30.1. The molecule has 2 amide bonds. The number of rotatable bonds is 4. The summed E-state index contributed by atoms with van der Waals surface area (Å²) in [7, 11) is -2.47. The van der Waals surface area contributed by atoms with Gasteiger partial charge in [0.25, 0.3) is 5.91 Å². The number of hydrogen-bond acceptors (Lipinski definition) is 3. The number of hydrogen-bond donors (Lipinski definition) is 1. The van der Waals surface area contributed by atoms with Crippen molar-refractivity contribution >= 4 is 27.2 Å². The predicted molar refractivity (Wildman–Crippen MR) is 88.4 cm³/mol. The Morgan fingerprint density at radius 2 is 1.96 bits per heavy atom. The van der Waals surface area contributed by atoms with Gasteiger partial charge in [-0.3, -0.25) is 9.59 Å². The smallest absolute Gasteiger partial charge is 0.285 e. The molecule has 1 aromatic rings. The summed E-state index contributed by atoms with van der Waals surface area (Å²) >= 11 is 0. The van der Waals surface area contributed by atoms with E-state index in [0.29, 0.717) is 11.5 Å². The van der Waals surface area contributed by atoms with Crippen LogP contribution in [0.1, 0.15) is 43.5 Å². The summed E-state index contributed by atoms with van der Waals surface area (Å²) in [6.45, 7) is 3.78. The van der Waals surface area contributed by atoms with Crippen LogP contribution in [0.5, 0.6) is 0 Å². The van der Waals surface area contributed by atoms with Crippen LogP contribution in [0, 0.1) is 11.7 Å². The summed E-state index contributed by atoms with van der Waals surface area (Å²) in [5.74, 6) is -0.646. The van der Waals surface area contributed by atoms with Crippen molar-refractivity contribution in [3.05, 3.63) is 29.6 Å². The molecule has 0 unspecified atom stereocenters. The number of nitrogens with one attached hydrogen (secondary N) is 1. The Morgan fingerprint density at radius 1 is 1.30 bits per heavy atom. The second-order valence-electron chi connectivity index (χ2n) is 6.13. The molecule has 0 saturated carbocycles. The number of amides is 2. The van der Waals surface area contributed by atoms with Crippen LogP contribution in [0.3, 0.4) is 0 Å². The first-order valence-corrected chi connectivity index (χ1v) is 9.51. The molecule has 0 aromatic heterocycles. The topological polar surface area (TPSA) is 75.6 Å². The molecule has 0 bridgehead atoms. The quantitative estimate of drug-likeness (QED) is 0.914. The minimum Gasteiger partial charge on any atom is -0.324 e. The molecule has 1 aromatic carbocycles. The average Bonchev–Trinajstić information content (AvgIpc) is 2.86. The SMILES string of the molecule is CC(C)CC(=O)Nc1ccc(C(=O)N=S2(=O)CCCC2)cc1F. The molecule has 1 heterocycles. The molecule has 2 rings (SSSR count). The van der Waals surface area contributed by atoms with Crippen molar-refractivity contribution in [2.75, 3.05) is 16.8 Å². The predicted octanol–water partition coefficient (Wildman–Crippen LogP) is 3.21. The van der Waals surface area contributed by atoms with Gasteiger partial charge in [-0.25, -0.2) is 8.60 Å². The molecule has 1 saturated heterocycles. The molecule has 1 fully saturated rings. The highest BCUT2D eigenvalue weighted by molar-refractivity contribution is 7.94. The van der Waals surface area contributed by atoms with Gasteiger partial charge < -0.3 is 5.32 Å². The van der Waals surface area contributed by atoms with Gasteiger partial charge in [-0.05, 0) is 37.0 Å². The second-order valence-corrected chi connectivity index (χ2v) is 8.67. The lowest BCUT2D eigenvalue weighted by atomic mass is 10.1. The molecular weight excluding hydrogens is 319 g/mol. The zero-order valence-electron chi connectivity index (χ0n) is 13.3. The summed E-state index contributed by atoms with van der Waals surface area (Å²) in [6.07, 6.45) is 1.88. The lowest BCUT2D eigenvalue weighted by Gasteiger charge is -2.09.